The molecule has 0 aromatic rings. The fraction of sp³-hybridized carbons (Fsp3) is 0.917. The minimum absolute atomic E-state index is 0.133. The molecule has 0 unspecified atom stereocenters. The van der Waals surface area contributed by atoms with Crippen molar-refractivity contribution in [2.45, 2.75) is 39.7 Å². The maximum atomic E-state index is 11.8. The number of aliphatic hydroxyl groups is 1. The molecule has 0 heterocycles. The molecule has 0 saturated heterocycles. The first-order valence-electron chi connectivity index (χ1n) is 6.11. The normalized spacial score (nSPS) is 16.2. The molecule has 0 bridgehead atoms. The van der Waals surface area contributed by atoms with Crippen LogP contribution in [0.4, 0.5) is 0 Å². The van der Waals surface area contributed by atoms with E-state index in [1.807, 2.05) is 25.7 Å². The van der Waals surface area contributed by atoms with Crippen molar-refractivity contribution in [2.75, 3.05) is 26.2 Å². The Morgan fingerprint density at radius 3 is 2.56 bits per heavy atom. The first-order valence-corrected chi connectivity index (χ1v) is 6.11. The first kappa shape index (κ1) is 13.5. The van der Waals surface area contributed by atoms with E-state index in [1.165, 1.54) is 0 Å². The van der Waals surface area contributed by atoms with Crippen LogP contribution >= 0.6 is 0 Å². The van der Waals surface area contributed by atoms with Gasteiger partial charge < -0.3 is 15.3 Å². The third kappa shape index (κ3) is 4.10. The molecule has 1 rings (SSSR count). The summed E-state index contributed by atoms with van der Waals surface area (Å²) in [6.45, 7) is 7.95. The average Bonchev–Trinajstić information content (AvgIpc) is 3.03. The number of aliphatic hydroxyl groups excluding tert-OH is 1. The second-order valence-electron chi connectivity index (χ2n) is 5.34. The topological polar surface area (TPSA) is 52.6 Å². The number of nitrogens with zero attached hydrogens (tertiary/aromatic N) is 1. The van der Waals surface area contributed by atoms with Crippen molar-refractivity contribution >= 4 is 5.91 Å². The average molecular weight is 228 g/mol. The van der Waals surface area contributed by atoms with Crippen molar-refractivity contribution in [1.82, 2.24) is 10.2 Å². The van der Waals surface area contributed by atoms with Crippen molar-refractivity contribution in [2.24, 2.45) is 5.41 Å². The lowest BCUT2D eigenvalue weighted by molar-refractivity contribution is -0.130. The number of hydrogen-bond donors (Lipinski definition) is 2. The number of likely N-dealkylation sites (N-methyl/N-ethyl adjacent to an activating group) is 1. The fourth-order valence-corrected chi connectivity index (χ4v) is 1.69. The summed E-state index contributed by atoms with van der Waals surface area (Å²) in [4.78, 5) is 13.8. The van der Waals surface area contributed by atoms with Gasteiger partial charge in [0.1, 0.15) is 0 Å². The largest absolute Gasteiger partial charge is 0.396 e. The highest BCUT2D eigenvalue weighted by Gasteiger charge is 2.31. The fourth-order valence-electron chi connectivity index (χ4n) is 1.69. The van der Waals surface area contributed by atoms with E-state index < -0.39 is 0 Å². The third-order valence-electron chi connectivity index (χ3n) is 2.96. The standard InChI is InChI=1S/C12H24N2O2/c1-4-14(10-5-6-10)11(16)7-13-8-12(2,3)9-15/h10,13,15H,4-9H2,1-3H3. The third-order valence-corrected chi connectivity index (χ3v) is 2.96. The summed E-state index contributed by atoms with van der Waals surface area (Å²) in [5.41, 5.74) is -0.156. The van der Waals surface area contributed by atoms with Crippen LogP contribution < -0.4 is 5.32 Å². The Bertz CT molecular complexity index is 237. The highest BCUT2D eigenvalue weighted by Crippen LogP contribution is 2.26. The highest BCUT2D eigenvalue weighted by atomic mass is 16.3. The maximum Gasteiger partial charge on any atom is 0.236 e. The van der Waals surface area contributed by atoms with Crippen LogP contribution in [0.1, 0.15) is 33.6 Å². The van der Waals surface area contributed by atoms with E-state index in [9.17, 15) is 4.79 Å². The van der Waals surface area contributed by atoms with Gasteiger partial charge in [0.05, 0.1) is 6.54 Å². The van der Waals surface area contributed by atoms with Crippen LogP contribution in [0.3, 0.4) is 0 Å². The number of amides is 1. The molecule has 1 aliphatic carbocycles. The number of carbonyl (C=O) groups excluding carboxylic acids is 1. The van der Waals surface area contributed by atoms with Gasteiger partial charge in [-0.1, -0.05) is 13.8 Å². The van der Waals surface area contributed by atoms with E-state index >= 15 is 0 Å². The summed E-state index contributed by atoms with van der Waals surface area (Å²) in [6.07, 6.45) is 2.31. The summed E-state index contributed by atoms with van der Waals surface area (Å²) in [5, 5.41) is 12.2. The van der Waals surface area contributed by atoms with Crippen LogP contribution in [-0.2, 0) is 4.79 Å². The van der Waals surface area contributed by atoms with Crippen molar-refractivity contribution in [3.05, 3.63) is 0 Å². The Labute approximate surface area is 98.0 Å². The lowest BCUT2D eigenvalue weighted by Gasteiger charge is -2.24. The van der Waals surface area contributed by atoms with Crippen molar-refractivity contribution in [1.29, 1.82) is 0 Å². The van der Waals surface area contributed by atoms with Gasteiger partial charge in [-0.25, -0.2) is 0 Å². The van der Waals surface area contributed by atoms with Gasteiger partial charge in [0, 0.05) is 31.2 Å². The van der Waals surface area contributed by atoms with E-state index in [0.717, 1.165) is 19.4 Å². The molecule has 0 atom stereocenters. The lowest BCUT2D eigenvalue weighted by Crippen LogP contribution is -2.42. The number of nitrogens with one attached hydrogen (secondary N) is 1. The van der Waals surface area contributed by atoms with Gasteiger partial charge in [0.15, 0.2) is 0 Å². The molecule has 4 nitrogen and oxygen atoms in total. The van der Waals surface area contributed by atoms with Crippen LogP contribution in [-0.4, -0.2) is 48.2 Å². The Morgan fingerprint density at radius 2 is 2.12 bits per heavy atom. The van der Waals surface area contributed by atoms with Gasteiger partial charge in [-0.05, 0) is 19.8 Å². The molecule has 0 aliphatic heterocycles. The molecular formula is C12H24N2O2. The SMILES string of the molecule is CCN(C(=O)CNCC(C)(C)CO)C1CC1. The lowest BCUT2D eigenvalue weighted by atomic mass is 9.95. The van der Waals surface area contributed by atoms with Crippen molar-refractivity contribution in [3.63, 3.8) is 0 Å². The van der Waals surface area contributed by atoms with Crippen molar-refractivity contribution < 1.29 is 9.90 Å². The van der Waals surface area contributed by atoms with Gasteiger partial charge in [0.25, 0.3) is 0 Å². The number of carbonyl (C=O) groups is 1. The highest BCUT2D eigenvalue weighted by molar-refractivity contribution is 5.78. The molecule has 94 valence electrons. The van der Waals surface area contributed by atoms with E-state index in [2.05, 4.69) is 5.32 Å². The smallest absolute Gasteiger partial charge is 0.236 e. The summed E-state index contributed by atoms with van der Waals surface area (Å²) in [7, 11) is 0. The van der Waals surface area contributed by atoms with Gasteiger partial charge >= 0.3 is 0 Å². The summed E-state index contributed by atoms with van der Waals surface area (Å²) >= 11 is 0. The molecular weight excluding hydrogens is 204 g/mol. The molecule has 16 heavy (non-hydrogen) atoms. The zero-order valence-electron chi connectivity index (χ0n) is 10.6. The molecule has 2 N–H and O–H groups in total. The molecule has 4 heteroatoms. The molecule has 0 radical (unpaired) electrons. The van der Waals surface area contributed by atoms with Crippen LogP contribution in [0.5, 0.6) is 0 Å². The maximum absolute atomic E-state index is 11.8. The van der Waals surface area contributed by atoms with E-state index in [4.69, 9.17) is 5.11 Å². The van der Waals surface area contributed by atoms with E-state index in [1.54, 1.807) is 0 Å². The van der Waals surface area contributed by atoms with E-state index in [0.29, 0.717) is 19.1 Å². The predicted octanol–water partition coefficient (Wildman–Crippen LogP) is 0.605. The second-order valence-corrected chi connectivity index (χ2v) is 5.34. The Kier molecular flexibility index (Phi) is 4.74. The molecule has 0 aromatic heterocycles. The number of rotatable bonds is 7. The molecule has 1 amide bonds. The molecule has 1 aliphatic rings. The molecule has 1 fully saturated rings. The number of hydrogen-bond acceptors (Lipinski definition) is 3. The van der Waals surface area contributed by atoms with Gasteiger partial charge in [-0.15, -0.1) is 0 Å². The van der Waals surface area contributed by atoms with Gasteiger partial charge in [-0.3, -0.25) is 4.79 Å². The van der Waals surface area contributed by atoms with Crippen LogP contribution in [0.25, 0.3) is 0 Å². The minimum atomic E-state index is -0.156. The zero-order chi connectivity index (χ0) is 12.2. The molecule has 0 aromatic carbocycles. The quantitative estimate of drug-likeness (QED) is 0.671. The minimum Gasteiger partial charge on any atom is -0.396 e. The molecule has 1 saturated carbocycles. The molecule has 0 spiro atoms. The predicted molar refractivity (Wildman–Crippen MR) is 64.1 cm³/mol. The summed E-state index contributed by atoms with van der Waals surface area (Å²) in [6, 6.07) is 0.491. The first-order chi connectivity index (χ1) is 7.50. The van der Waals surface area contributed by atoms with Crippen LogP contribution in [0, 0.1) is 5.41 Å². The summed E-state index contributed by atoms with van der Waals surface area (Å²) in [5.74, 6) is 0.179. The van der Waals surface area contributed by atoms with Crippen molar-refractivity contribution in [3.8, 4) is 0 Å². The van der Waals surface area contributed by atoms with Gasteiger partial charge in [-0.2, -0.15) is 0 Å². The Hall–Kier alpha value is -0.610. The Morgan fingerprint density at radius 1 is 1.50 bits per heavy atom. The Balaban J connectivity index is 2.23. The zero-order valence-corrected chi connectivity index (χ0v) is 10.6. The van der Waals surface area contributed by atoms with Crippen LogP contribution in [0.15, 0.2) is 0 Å². The van der Waals surface area contributed by atoms with Gasteiger partial charge in [0.2, 0.25) is 5.91 Å². The second kappa shape index (κ2) is 5.64. The summed E-state index contributed by atoms with van der Waals surface area (Å²) < 4.78 is 0. The van der Waals surface area contributed by atoms with E-state index in [-0.39, 0.29) is 17.9 Å². The van der Waals surface area contributed by atoms with Crippen LogP contribution in [0.2, 0.25) is 0 Å². The monoisotopic (exact) mass is 228 g/mol.